The van der Waals surface area contributed by atoms with E-state index in [2.05, 4.69) is 22.9 Å². The fraction of sp³-hybridized carbons (Fsp3) is 0.167. The van der Waals surface area contributed by atoms with Crippen LogP contribution in [0.2, 0.25) is 0 Å². The highest BCUT2D eigenvalue weighted by atomic mass is 16.5. The van der Waals surface area contributed by atoms with Gasteiger partial charge in [0.1, 0.15) is 0 Å². The number of rotatable bonds is 2. The zero-order valence-corrected chi connectivity index (χ0v) is 9.06. The van der Waals surface area contributed by atoms with Gasteiger partial charge in [-0.05, 0) is 30.7 Å². The Bertz CT molecular complexity index is 345. The molecule has 0 bridgehead atoms. The number of ether oxygens (including phenoxy) is 1. The molecule has 0 saturated heterocycles. The van der Waals surface area contributed by atoms with Crippen LogP contribution in [-0.2, 0) is 9.53 Å². The summed E-state index contributed by atoms with van der Waals surface area (Å²) in [5.41, 5.74) is 2.16. The zero-order valence-electron chi connectivity index (χ0n) is 9.06. The van der Waals surface area contributed by atoms with Crippen LogP contribution >= 0.6 is 0 Å². The number of pyridine rings is 1. The molecular weight excluding hydrogens is 190 g/mol. The van der Waals surface area contributed by atoms with E-state index in [1.807, 2.05) is 19.1 Å². The van der Waals surface area contributed by atoms with Crippen LogP contribution in [0.15, 0.2) is 37.7 Å². The van der Waals surface area contributed by atoms with Crippen LogP contribution in [0.3, 0.4) is 0 Å². The quantitative estimate of drug-likeness (QED) is 0.550. The molecule has 0 aliphatic carbocycles. The SMILES string of the molecule is C=COC(C)=O.C=Cc1cc(C)ccn1. The Morgan fingerprint density at radius 3 is 2.47 bits per heavy atom. The maximum atomic E-state index is 9.75. The van der Waals surface area contributed by atoms with Crippen molar-refractivity contribution in [2.24, 2.45) is 0 Å². The summed E-state index contributed by atoms with van der Waals surface area (Å²) in [6, 6.07) is 3.96. The number of carbonyl (C=O) groups excluding carboxylic acids is 1. The van der Waals surface area contributed by atoms with E-state index in [1.165, 1.54) is 12.5 Å². The number of carbonyl (C=O) groups is 1. The van der Waals surface area contributed by atoms with Crippen molar-refractivity contribution in [2.75, 3.05) is 0 Å². The van der Waals surface area contributed by atoms with E-state index in [9.17, 15) is 4.79 Å². The predicted octanol–water partition coefficient (Wildman–Crippen LogP) is 2.73. The minimum atomic E-state index is -0.329. The van der Waals surface area contributed by atoms with Crippen molar-refractivity contribution < 1.29 is 9.53 Å². The minimum absolute atomic E-state index is 0.329. The second-order valence-electron chi connectivity index (χ2n) is 2.74. The number of hydrogen-bond donors (Lipinski definition) is 0. The van der Waals surface area contributed by atoms with Crippen molar-refractivity contribution >= 4 is 12.0 Å². The number of nitrogens with zero attached hydrogens (tertiary/aromatic N) is 1. The van der Waals surface area contributed by atoms with Gasteiger partial charge in [0.05, 0.1) is 12.0 Å². The normalized spacial score (nSPS) is 8.13. The van der Waals surface area contributed by atoms with E-state index >= 15 is 0 Å². The summed E-state index contributed by atoms with van der Waals surface area (Å²) in [5.74, 6) is -0.329. The molecule has 3 nitrogen and oxygen atoms in total. The molecule has 0 saturated carbocycles. The lowest BCUT2D eigenvalue weighted by Gasteiger charge is -1.91. The Morgan fingerprint density at radius 1 is 1.53 bits per heavy atom. The second kappa shape index (κ2) is 7.50. The smallest absolute Gasteiger partial charge is 0.307 e. The molecule has 0 N–H and O–H groups in total. The van der Waals surface area contributed by atoms with Gasteiger partial charge in [-0.15, -0.1) is 0 Å². The lowest BCUT2D eigenvalue weighted by atomic mass is 10.2. The summed E-state index contributed by atoms with van der Waals surface area (Å²) in [7, 11) is 0. The zero-order chi connectivity index (χ0) is 11.7. The van der Waals surface area contributed by atoms with E-state index in [-0.39, 0.29) is 5.97 Å². The predicted molar refractivity (Wildman–Crippen MR) is 61.0 cm³/mol. The molecule has 0 fully saturated rings. The Hall–Kier alpha value is -1.90. The number of aromatic nitrogens is 1. The molecule has 0 aliphatic rings. The molecule has 1 aromatic rings. The second-order valence-corrected chi connectivity index (χ2v) is 2.74. The molecule has 0 amide bonds. The lowest BCUT2D eigenvalue weighted by molar-refractivity contribution is -0.135. The van der Waals surface area contributed by atoms with Gasteiger partial charge >= 0.3 is 5.97 Å². The Labute approximate surface area is 90.1 Å². The maximum Gasteiger partial charge on any atom is 0.307 e. The van der Waals surface area contributed by atoms with E-state index in [4.69, 9.17) is 0 Å². The molecule has 1 rings (SSSR count). The highest BCUT2D eigenvalue weighted by molar-refractivity contribution is 5.66. The number of aryl methyl sites for hydroxylation is 1. The minimum Gasteiger partial charge on any atom is -0.435 e. The first kappa shape index (κ1) is 13.1. The maximum absolute atomic E-state index is 9.75. The van der Waals surface area contributed by atoms with Crippen LogP contribution in [-0.4, -0.2) is 11.0 Å². The van der Waals surface area contributed by atoms with Crippen molar-refractivity contribution in [3.05, 3.63) is 49.0 Å². The first-order chi connectivity index (χ1) is 7.10. The van der Waals surface area contributed by atoms with Crippen LogP contribution < -0.4 is 0 Å². The number of esters is 1. The first-order valence-corrected chi connectivity index (χ1v) is 4.43. The van der Waals surface area contributed by atoms with Gasteiger partial charge in [0.15, 0.2) is 0 Å². The summed E-state index contributed by atoms with van der Waals surface area (Å²) in [5, 5.41) is 0. The van der Waals surface area contributed by atoms with Crippen LogP contribution in [0.5, 0.6) is 0 Å². The Balaban J connectivity index is 0.000000288. The Morgan fingerprint density at radius 2 is 2.20 bits per heavy atom. The van der Waals surface area contributed by atoms with Crippen molar-refractivity contribution in [1.82, 2.24) is 4.98 Å². The van der Waals surface area contributed by atoms with Gasteiger partial charge in [-0.1, -0.05) is 13.2 Å². The topological polar surface area (TPSA) is 39.2 Å². The average Bonchev–Trinajstić information content (AvgIpc) is 2.18. The summed E-state index contributed by atoms with van der Waals surface area (Å²) in [6.07, 6.45) is 4.63. The first-order valence-electron chi connectivity index (χ1n) is 4.43. The van der Waals surface area contributed by atoms with Crippen molar-refractivity contribution in [2.45, 2.75) is 13.8 Å². The highest BCUT2D eigenvalue weighted by Crippen LogP contribution is 1.99. The van der Waals surface area contributed by atoms with Crippen LogP contribution in [0, 0.1) is 6.92 Å². The number of hydrogen-bond acceptors (Lipinski definition) is 3. The molecule has 15 heavy (non-hydrogen) atoms. The van der Waals surface area contributed by atoms with Gasteiger partial charge in [0.2, 0.25) is 0 Å². The summed E-state index contributed by atoms with van der Waals surface area (Å²) in [4.78, 5) is 13.8. The van der Waals surface area contributed by atoms with Gasteiger partial charge in [-0.2, -0.15) is 0 Å². The highest BCUT2D eigenvalue weighted by Gasteiger charge is 1.84. The van der Waals surface area contributed by atoms with E-state index in [1.54, 1.807) is 12.3 Å². The third-order valence-corrected chi connectivity index (χ3v) is 1.40. The molecule has 1 aromatic heterocycles. The lowest BCUT2D eigenvalue weighted by Crippen LogP contribution is -1.87. The third kappa shape index (κ3) is 7.19. The van der Waals surface area contributed by atoms with Gasteiger partial charge in [0, 0.05) is 13.1 Å². The molecule has 0 spiro atoms. The van der Waals surface area contributed by atoms with Crippen molar-refractivity contribution in [3.63, 3.8) is 0 Å². The third-order valence-electron chi connectivity index (χ3n) is 1.40. The standard InChI is InChI=1S/C8H9N.C4H6O2/c1-3-8-6-7(2)4-5-9-8;1-3-6-4(2)5/h3-6H,1H2,2H3;3H,1H2,2H3. The molecule has 80 valence electrons. The fourth-order valence-corrected chi connectivity index (χ4v) is 0.789. The summed E-state index contributed by atoms with van der Waals surface area (Å²) < 4.78 is 4.17. The fourth-order valence-electron chi connectivity index (χ4n) is 0.789. The van der Waals surface area contributed by atoms with Crippen LogP contribution in [0.25, 0.3) is 6.08 Å². The average molecular weight is 205 g/mol. The van der Waals surface area contributed by atoms with Crippen molar-refractivity contribution in [1.29, 1.82) is 0 Å². The molecular formula is C12H15NO2. The summed E-state index contributed by atoms with van der Waals surface area (Å²) >= 11 is 0. The molecule has 0 radical (unpaired) electrons. The van der Waals surface area contributed by atoms with Crippen LogP contribution in [0.4, 0.5) is 0 Å². The van der Waals surface area contributed by atoms with Crippen LogP contribution in [0.1, 0.15) is 18.2 Å². The van der Waals surface area contributed by atoms with Gasteiger partial charge in [-0.3, -0.25) is 9.78 Å². The van der Waals surface area contributed by atoms with E-state index in [0.717, 1.165) is 12.0 Å². The molecule has 1 heterocycles. The van der Waals surface area contributed by atoms with Gasteiger partial charge < -0.3 is 4.74 Å². The van der Waals surface area contributed by atoms with E-state index in [0.29, 0.717) is 0 Å². The molecule has 0 aromatic carbocycles. The van der Waals surface area contributed by atoms with Gasteiger partial charge in [0.25, 0.3) is 0 Å². The van der Waals surface area contributed by atoms with E-state index < -0.39 is 0 Å². The van der Waals surface area contributed by atoms with Crippen molar-refractivity contribution in [3.8, 4) is 0 Å². The molecule has 0 atom stereocenters. The molecule has 0 unspecified atom stereocenters. The summed E-state index contributed by atoms with van der Waals surface area (Å²) in [6.45, 7) is 10.1. The van der Waals surface area contributed by atoms with Gasteiger partial charge in [-0.25, -0.2) is 0 Å². The monoisotopic (exact) mass is 205 g/mol. The largest absolute Gasteiger partial charge is 0.435 e. The Kier molecular flexibility index (Phi) is 6.55. The molecule has 0 aliphatic heterocycles. The molecule has 3 heteroatoms.